The molecular weight excluding hydrogens is 281 g/mol. The Hall–Kier alpha value is -0.480. The van der Waals surface area contributed by atoms with Crippen molar-refractivity contribution < 1.29 is 0 Å². The lowest BCUT2D eigenvalue weighted by molar-refractivity contribution is 0.319. The number of rotatable bonds is 2. The molecule has 2 unspecified atom stereocenters. The zero-order chi connectivity index (χ0) is 11.8. The zero-order valence-electron chi connectivity index (χ0n) is 11.3. The number of benzene rings is 1. The van der Waals surface area contributed by atoms with Crippen LogP contribution in [0.4, 0.5) is 5.69 Å². The molecule has 2 atom stereocenters. The van der Waals surface area contributed by atoms with Crippen molar-refractivity contribution in [2.75, 3.05) is 25.0 Å². The smallest absolute Gasteiger partial charge is 0.0419 e. The predicted molar refractivity (Wildman–Crippen MR) is 85.5 cm³/mol. The Kier molecular flexibility index (Phi) is 5.93. The van der Waals surface area contributed by atoms with E-state index in [-0.39, 0.29) is 24.8 Å². The molecule has 0 amide bonds. The van der Waals surface area contributed by atoms with Crippen molar-refractivity contribution in [1.29, 1.82) is 0 Å². The van der Waals surface area contributed by atoms with Crippen molar-refractivity contribution >= 4 is 30.5 Å². The molecule has 0 spiro atoms. The van der Waals surface area contributed by atoms with Crippen molar-refractivity contribution in [3.8, 4) is 0 Å². The van der Waals surface area contributed by atoms with E-state index >= 15 is 0 Å². The molecule has 0 aromatic heterocycles. The summed E-state index contributed by atoms with van der Waals surface area (Å²) in [6.07, 6.45) is 1.17. The van der Waals surface area contributed by atoms with Crippen LogP contribution >= 0.6 is 24.8 Å². The van der Waals surface area contributed by atoms with Crippen LogP contribution in [0.5, 0.6) is 0 Å². The van der Waals surface area contributed by atoms with Gasteiger partial charge in [-0.25, -0.2) is 0 Å². The minimum Gasteiger partial charge on any atom is -0.384 e. The maximum absolute atomic E-state index is 6.08. The maximum atomic E-state index is 6.08. The van der Waals surface area contributed by atoms with Crippen molar-refractivity contribution in [3.63, 3.8) is 0 Å². The van der Waals surface area contributed by atoms with Gasteiger partial charge in [0, 0.05) is 37.9 Å². The summed E-state index contributed by atoms with van der Waals surface area (Å²) in [6, 6.07) is 7.00. The van der Waals surface area contributed by atoms with Gasteiger partial charge < -0.3 is 11.1 Å². The lowest BCUT2D eigenvalue weighted by Crippen LogP contribution is -2.28. The molecule has 108 valence electrons. The number of hydrogen-bond acceptors (Lipinski definition) is 3. The highest BCUT2D eigenvalue weighted by Crippen LogP contribution is 2.28. The molecular formula is C14H23Cl2N3. The minimum absolute atomic E-state index is 0. The molecule has 0 radical (unpaired) electrons. The number of nitrogens with two attached hydrogens (primary N) is 1. The molecule has 0 saturated carbocycles. The number of para-hydroxylation sites is 1. The number of nitrogens with one attached hydrogen (secondary N) is 1. The van der Waals surface area contributed by atoms with Gasteiger partial charge in [0.1, 0.15) is 0 Å². The number of likely N-dealkylation sites (tertiary alicyclic amines) is 1. The van der Waals surface area contributed by atoms with Gasteiger partial charge in [0.25, 0.3) is 0 Å². The van der Waals surface area contributed by atoms with E-state index in [4.69, 9.17) is 5.73 Å². The van der Waals surface area contributed by atoms with E-state index in [2.05, 4.69) is 35.3 Å². The zero-order valence-corrected chi connectivity index (χ0v) is 12.9. The normalized spacial score (nSPS) is 25.2. The quantitative estimate of drug-likeness (QED) is 0.881. The third-order valence-electron chi connectivity index (χ3n) is 4.07. The molecule has 0 aliphatic carbocycles. The van der Waals surface area contributed by atoms with Gasteiger partial charge in [-0.2, -0.15) is 0 Å². The highest BCUT2D eigenvalue weighted by atomic mass is 35.5. The molecule has 5 heteroatoms. The van der Waals surface area contributed by atoms with Crippen LogP contribution in [-0.2, 0) is 13.0 Å². The summed E-state index contributed by atoms with van der Waals surface area (Å²) in [7, 11) is 0. The summed E-state index contributed by atoms with van der Waals surface area (Å²) in [5, 5.41) is 3.51. The first-order chi connectivity index (χ1) is 8.24. The average Bonchev–Trinajstić information content (AvgIpc) is 2.87. The standard InChI is InChI=1S/C14H21N3.2ClH/c1-10-7-17(9-13(10)15)8-12-4-2-3-11-5-6-16-14(11)12;;/h2-4,10,13,16H,5-9,15H2,1H3;2*1H. The van der Waals surface area contributed by atoms with Gasteiger partial charge in [0.15, 0.2) is 0 Å². The van der Waals surface area contributed by atoms with E-state index in [9.17, 15) is 0 Å². The van der Waals surface area contributed by atoms with Gasteiger partial charge in [-0.05, 0) is 23.5 Å². The first-order valence-corrected chi connectivity index (χ1v) is 6.56. The van der Waals surface area contributed by atoms with Gasteiger partial charge in [0.2, 0.25) is 0 Å². The van der Waals surface area contributed by atoms with Crippen molar-refractivity contribution in [2.45, 2.75) is 25.9 Å². The maximum Gasteiger partial charge on any atom is 0.0419 e. The molecule has 1 aromatic carbocycles. The van der Waals surface area contributed by atoms with Gasteiger partial charge >= 0.3 is 0 Å². The number of hydrogen-bond donors (Lipinski definition) is 2. The monoisotopic (exact) mass is 303 g/mol. The summed E-state index contributed by atoms with van der Waals surface area (Å²) < 4.78 is 0. The fraction of sp³-hybridized carbons (Fsp3) is 0.571. The summed E-state index contributed by atoms with van der Waals surface area (Å²) >= 11 is 0. The SMILES string of the molecule is CC1CN(Cc2cccc3c2NCC3)CC1N.Cl.Cl. The molecule has 3 rings (SSSR count). The van der Waals surface area contributed by atoms with Crippen LogP contribution in [0.25, 0.3) is 0 Å². The number of anilines is 1. The van der Waals surface area contributed by atoms with Gasteiger partial charge in [0.05, 0.1) is 0 Å². The fourth-order valence-corrected chi connectivity index (χ4v) is 3.01. The number of nitrogens with zero attached hydrogens (tertiary/aromatic N) is 1. The molecule has 0 bridgehead atoms. The second-order valence-electron chi connectivity index (χ2n) is 5.46. The Morgan fingerprint density at radius 1 is 1.32 bits per heavy atom. The number of fused-ring (bicyclic) bond motifs is 1. The molecule has 3 nitrogen and oxygen atoms in total. The van der Waals surface area contributed by atoms with Crippen LogP contribution in [0, 0.1) is 5.92 Å². The Labute approximate surface area is 127 Å². The van der Waals surface area contributed by atoms with Crippen molar-refractivity contribution in [3.05, 3.63) is 29.3 Å². The van der Waals surface area contributed by atoms with Crippen molar-refractivity contribution in [1.82, 2.24) is 4.90 Å². The predicted octanol–water partition coefficient (Wildman–Crippen LogP) is 2.28. The summed E-state index contributed by atoms with van der Waals surface area (Å²) in [5.41, 5.74) is 10.4. The fourth-order valence-electron chi connectivity index (χ4n) is 3.01. The van der Waals surface area contributed by atoms with E-state index in [1.54, 1.807) is 0 Å². The highest BCUT2D eigenvalue weighted by Gasteiger charge is 2.27. The van der Waals surface area contributed by atoms with E-state index in [1.165, 1.54) is 23.2 Å². The second kappa shape index (κ2) is 6.80. The molecule has 2 aliphatic heterocycles. The topological polar surface area (TPSA) is 41.3 Å². The van der Waals surface area contributed by atoms with Crippen LogP contribution in [0.15, 0.2) is 18.2 Å². The molecule has 19 heavy (non-hydrogen) atoms. The van der Waals surface area contributed by atoms with Crippen molar-refractivity contribution in [2.24, 2.45) is 11.7 Å². The molecule has 1 aromatic rings. The Morgan fingerprint density at radius 3 is 2.79 bits per heavy atom. The van der Waals surface area contributed by atoms with E-state index < -0.39 is 0 Å². The lowest BCUT2D eigenvalue weighted by atomic mass is 10.1. The van der Waals surface area contributed by atoms with Crippen LogP contribution in [0.1, 0.15) is 18.1 Å². The molecule has 1 saturated heterocycles. The molecule has 3 N–H and O–H groups in total. The molecule has 2 heterocycles. The summed E-state index contributed by atoms with van der Waals surface area (Å²) in [6.45, 7) is 6.53. The third kappa shape index (κ3) is 3.34. The average molecular weight is 304 g/mol. The molecule has 1 fully saturated rings. The van der Waals surface area contributed by atoms with Crippen LogP contribution in [0.3, 0.4) is 0 Å². The lowest BCUT2D eigenvalue weighted by Gasteiger charge is -2.17. The third-order valence-corrected chi connectivity index (χ3v) is 4.07. The Bertz CT molecular complexity index is 415. The summed E-state index contributed by atoms with van der Waals surface area (Å²) in [4.78, 5) is 2.48. The van der Waals surface area contributed by atoms with E-state index in [1.807, 2.05) is 0 Å². The second-order valence-corrected chi connectivity index (χ2v) is 5.46. The van der Waals surface area contributed by atoms with Crippen LogP contribution < -0.4 is 11.1 Å². The van der Waals surface area contributed by atoms with Crippen LogP contribution in [-0.4, -0.2) is 30.6 Å². The molecule has 2 aliphatic rings. The van der Waals surface area contributed by atoms with Gasteiger partial charge in [-0.1, -0.05) is 25.1 Å². The highest BCUT2D eigenvalue weighted by molar-refractivity contribution is 5.85. The van der Waals surface area contributed by atoms with Gasteiger partial charge in [-0.15, -0.1) is 24.8 Å². The summed E-state index contributed by atoms with van der Waals surface area (Å²) in [5.74, 6) is 0.625. The van der Waals surface area contributed by atoms with E-state index in [0.717, 1.165) is 26.2 Å². The number of halogens is 2. The Balaban J connectivity index is 0.000000902. The van der Waals surface area contributed by atoms with Gasteiger partial charge in [-0.3, -0.25) is 4.90 Å². The first-order valence-electron chi connectivity index (χ1n) is 6.56. The van der Waals surface area contributed by atoms with E-state index in [0.29, 0.717) is 12.0 Å². The van der Waals surface area contributed by atoms with Crippen LogP contribution in [0.2, 0.25) is 0 Å². The minimum atomic E-state index is 0. The largest absolute Gasteiger partial charge is 0.384 e. The first kappa shape index (κ1) is 16.6. The Morgan fingerprint density at radius 2 is 2.11 bits per heavy atom.